The Hall–Kier alpha value is -0.0457. The third kappa shape index (κ3) is 5.71. The molecule has 0 saturated carbocycles. The van der Waals surface area contributed by atoms with E-state index in [9.17, 15) is 0 Å². The molecule has 0 bridgehead atoms. The van der Waals surface area contributed by atoms with Gasteiger partial charge in [0.15, 0.2) is 0 Å². The largest absolute Gasteiger partial charge is 0.147 e. The number of nitrogens with one attached hydrogen (secondary N) is 1. The molecule has 1 nitrogen and oxygen atoms in total. The topological polar surface area (TPSA) is 12.0 Å². The minimum atomic E-state index is -0.224. The number of halogens is 2. The SMILES string of the molecule is CC1=C(C)C(C)C(c2ccccc2[CH](C)[Ti][NH]C(C)(C)C)=C1C.Cl.Cl. The van der Waals surface area contributed by atoms with Crippen LogP contribution in [0.3, 0.4) is 0 Å². The molecule has 1 N–H and O–H groups in total. The van der Waals surface area contributed by atoms with E-state index in [2.05, 4.69) is 83.5 Å². The molecule has 2 atom stereocenters. The standard InChI is InChI=1S/C17H21.C4H10N.2ClH.Ti/c1-6-15-9-7-8-10-16(15)17-13(4)11(2)12(3)14(17)5;1-4(2,3)5;;;/h6-10,13H,1-5H3;5H,1-3H3;2*1H;/q;-1;;;+1. The fourth-order valence-corrected chi connectivity index (χ4v) is 4.97. The molecule has 2 rings (SSSR count). The fraction of sp³-hybridized carbons (Fsp3) is 0.524. The number of rotatable bonds is 4. The summed E-state index contributed by atoms with van der Waals surface area (Å²) in [6, 6.07) is 9.06. The number of allylic oxidation sites excluding steroid dienone is 4. The normalized spacial score (nSPS) is 18.6. The van der Waals surface area contributed by atoms with Gasteiger partial charge in [-0.3, -0.25) is 0 Å². The second-order valence-corrected chi connectivity index (χ2v) is 10.1. The predicted octanol–water partition coefficient (Wildman–Crippen LogP) is 6.74. The van der Waals surface area contributed by atoms with Crippen LogP contribution in [0.5, 0.6) is 0 Å². The van der Waals surface area contributed by atoms with E-state index in [1.807, 2.05) is 0 Å². The molecule has 2 unspecified atom stereocenters. The maximum Gasteiger partial charge on any atom is -0.147 e. The van der Waals surface area contributed by atoms with Gasteiger partial charge < -0.3 is 0 Å². The van der Waals surface area contributed by atoms with Gasteiger partial charge in [0.2, 0.25) is 0 Å². The van der Waals surface area contributed by atoms with Crippen LogP contribution in [-0.2, 0) is 19.4 Å². The first-order valence-corrected chi connectivity index (χ1v) is 10.3. The van der Waals surface area contributed by atoms with E-state index in [-0.39, 0.29) is 49.8 Å². The molecule has 4 heteroatoms. The van der Waals surface area contributed by atoms with E-state index in [0.717, 1.165) is 0 Å². The Balaban J connectivity index is 0.00000288. The Labute approximate surface area is 176 Å². The Morgan fingerprint density at radius 1 is 1.00 bits per heavy atom. The van der Waals surface area contributed by atoms with Crippen LogP contribution < -0.4 is 3.80 Å². The summed E-state index contributed by atoms with van der Waals surface area (Å²) in [5.41, 5.74) is 9.26. The van der Waals surface area contributed by atoms with Crippen LogP contribution in [0.15, 0.2) is 41.0 Å². The van der Waals surface area contributed by atoms with Crippen LogP contribution in [-0.4, -0.2) is 5.54 Å². The molecule has 25 heavy (non-hydrogen) atoms. The van der Waals surface area contributed by atoms with E-state index in [4.69, 9.17) is 0 Å². The zero-order valence-electron chi connectivity index (χ0n) is 16.8. The molecular weight excluding hydrogens is 385 g/mol. The molecule has 0 fully saturated rings. The first-order chi connectivity index (χ1) is 10.6. The van der Waals surface area contributed by atoms with E-state index >= 15 is 0 Å². The van der Waals surface area contributed by atoms with Crippen LogP contribution >= 0.6 is 24.8 Å². The molecule has 0 aromatic heterocycles. The van der Waals surface area contributed by atoms with Crippen LogP contribution in [0.2, 0.25) is 0 Å². The first-order valence-electron chi connectivity index (χ1n) is 8.64. The molecule has 0 amide bonds. The van der Waals surface area contributed by atoms with Crippen LogP contribution in [0.4, 0.5) is 0 Å². The van der Waals surface area contributed by atoms with Crippen molar-refractivity contribution in [3.8, 4) is 0 Å². The number of hydrogen-bond donors (Lipinski definition) is 1. The second-order valence-electron chi connectivity index (χ2n) is 7.90. The van der Waals surface area contributed by atoms with Gasteiger partial charge >= 0.3 is 152 Å². The molecule has 1 aromatic carbocycles. The molecule has 0 heterocycles. The van der Waals surface area contributed by atoms with Crippen molar-refractivity contribution in [3.05, 3.63) is 52.1 Å². The van der Waals surface area contributed by atoms with Crippen molar-refractivity contribution in [2.24, 2.45) is 5.92 Å². The zero-order chi connectivity index (χ0) is 17.4. The summed E-state index contributed by atoms with van der Waals surface area (Å²) in [7, 11) is 0. The third-order valence-electron chi connectivity index (χ3n) is 5.02. The fourth-order valence-electron chi connectivity index (χ4n) is 3.32. The summed E-state index contributed by atoms with van der Waals surface area (Å²) in [5, 5.41) is 0. The summed E-state index contributed by atoms with van der Waals surface area (Å²) in [6.07, 6.45) is 0. The minimum Gasteiger partial charge on any atom is -0.147 e. The quantitative estimate of drug-likeness (QED) is 0.535. The molecule has 1 aromatic rings. The molecule has 0 spiro atoms. The molecule has 1 aliphatic rings. The molecule has 1 aliphatic carbocycles. The van der Waals surface area contributed by atoms with Crippen LogP contribution in [0.25, 0.3) is 5.57 Å². The molecule has 0 aliphatic heterocycles. The second kappa shape index (κ2) is 9.76. The molecular formula is C21H33Cl2NTi. The number of benzene rings is 1. The number of hydrogen-bond acceptors (Lipinski definition) is 1. The van der Waals surface area contributed by atoms with Gasteiger partial charge in [-0.15, -0.1) is 24.8 Å². The van der Waals surface area contributed by atoms with Crippen molar-refractivity contribution >= 4 is 30.4 Å². The van der Waals surface area contributed by atoms with Crippen LogP contribution in [0, 0.1) is 5.92 Å². The summed E-state index contributed by atoms with van der Waals surface area (Å²) >= 11 is -0.224. The zero-order valence-corrected chi connectivity index (χ0v) is 20.0. The van der Waals surface area contributed by atoms with Gasteiger partial charge in [0.25, 0.3) is 0 Å². The van der Waals surface area contributed by atoms with Crippen molar-refractivity contribution in [2.45, 2.75) is 65.2 Å². The Kier molecular flexibility index (Phi) is 9.75. The van der Waals surface area contributed by atoms with Crippen molar-refractivity contribution in [3.63, 3.8) is 0 Å². The molecule has 0 saturated heterocycles. The first kappa shape index (κ1) is 25.0. The minimum absolute atomic E-state index is 0. The summed E-state index contributed by atoms with van der Waals surface area (Å²) in [5.74, 6) is 0.541. The maximum absolute atomic E-state index is 3.78. The van der Waals surface area contributed by atoms with Crippen LogP contribution in [0.1, 0.15) is 70.7 Å². The van der Waals surface area contributed by atoms with Crippen molar-refractivity contribution in [2.75, 3.05) is 0 Å². The van der Waals surface area contributed by atoms with Gasteiger partial charge in [-0.2, -0.15) is 0 Å². The van der Waals surface area contributed by atoms with Gasteiger partial charge in [-0.1, -0.05) is 0 Å². The average Bonchev–Trinajstić information content (AvgIpc) is 2.68. The van der Waals surface area contributed by atoms with Gasteiger partial charge in [-0.25, -0.2) is 0 Å². The summed E-state index contributed by atoms with van der Waals surface area (Å²) < 4.78 is 4.40. The van der Waals surface area contributed by atoms with Gasteiger partial charge in [0, 0.05) is 0 Å². The monoisotopic (exact) mass is 417 g/mol. The van der Waals surface area contributed by atoms with Crippen molar-refractivity contribution in [1.82, 2.24) is 3.80 Å². The van der Waals surface area contributed by atoms with E-state index in [1.165, 1.54) is 27.8 Å². The van der Waals surface area contributed by atoms with Crippen molar-refractivity contribution in [1.29, 1.82) is 0 Å². The third-order valence-corrected chi connectivity index (χ3v) is 7.58. The van der Waals surface area contributed by atoms with Gasteiger partial charge in [-0.05, 0) is 0 Å². The molecule has 0 radical (unpaired) electrons. The Bertz CT molecular complexity index is 656. The van der Waals surface area contributed by atoms with Crippen molar-refractivity contribution < 1.29 is 19.4 Å². The Morgan fingerprint density at radius 3 is 2.04 bits per heavy atom. The maximum atomic E-state index is 3.78. The van der Waals surface area contributed by atoms with E-state index < -0.39 is 0 Å². The Morgan fingerprint density at radius 2 is 1.56 bits per heavy atom. The van der Waals surface area contributed by atoms with Gasteiger partial charge in [0.1, 0.15) is 0 Å². The summed E-state index contributed by atoms with van der Waals surface area (Å²) in [6.45, 7) is 18.4. The predicted molar refractivity (Wildman–Crippen MR) is 112 cm³/mol. The smallest absolute Gasteiger partial charge is 0.147 e. The van der Waals surface area contributed by atoms with Gasteiger partial charge in [0.05, 0.1) is 0 Å². The van der Waals surface area contributed by atoms with E-state index in [0.29, 0.717) is 10.1 Å². The molecule has 140 valence electrons. The summed E-state index contributed by atoms with van der Waals surface area (Å²) in [4.78, 5) is 0. The van der Waals surface area contributed by atoms with E-state index in [1.54, 1.807) is 5.57 Å². The average molecular weight is 418 g/mol.